The van der Waals surface area contributed by atoms with Crippen molar-refractivity contribution in [3.05, 3.63) is 52.1 Å². The maximum Gasteiger partial charge on any atom is 0.410 e. The van der Waals surface area contributed by atoms with Crippen LogP contribution in [0.3, 0.4) is 0 Å². The van der Waals surface area contributed by atoms with Crippen LogP contribution in [0.25, 0.3) is 22.0 Å². The minimum absolute atomic E-state index is 0.0545. The van der Waals surface area contributed by atoms with Gasteiger partial charge in [0, 0.05) is 48.3 Å². The summed E-state index contributed by atoms with van der Waals surface area (Å²) in [6, 6.07) is 4.86. The van der Waals surface area contributed by atoms with Gasteiger partial charge in [-0.25, -0.2) is 9.59 Å². The molecule has 1 fully saturated rings. The second-order valence-corrected chi connectivity index (χ2v) is 10.8. The number of esters is 1. The van der Waals surface area contributed by atoms with E-state index in [4.69, 9.17) is 14.2 Å². The van der Waals surface area contributed by atoms with Crippen LogP contribution in [0.15, 0.2) is 35.4 Å². The number of fused-ring (bicyclic) bond motifs is 2. The van der Waals surface area contributed by atoms with Crippen LogP contribution in [-0.2, 0) is 22.6 Å². The van der Waals surface area contributed by atoms with Crippen molar-refractivity contribution >= 4 is 23.0 Å². The highest BCUT2D eigenvalue weighted by Crippen LogP contribution is 2.43. The zero-order valence-electron chi connectivity index (χ0n) is 22.3. The first-order chi connectivity index (χ1) is 18.5. The third kappa shape index (κ3) is 5.35. The van der Waals surface area contributed by atoms with Crippen LogP contribution in [0, 0.1) is 0 Å². The predicted molar refractivity (Wildman–Crippen MR) is 139 cm³/mol. The Morgan fingerprint density at radius 3 is 2.51 bits per heavy atom. The van der Waals surface area contributed by atoms with Crippen LogP contribution >= 0.6 is 0 Å². The van der Waals surface area contributed by atoms with Crippen LogP contribution in [0.1, 0.15) is 62.6 Å². The molecule has 1 aliphatic carbocycles. The average molecular weight is 544 g/mol. The number of hydrogen-bond donors (Lipinski definition) is 0. The van der Waals surface area contributed by atoms with E-state index in [2.05, 4.69) is 0 Å². The molecule has 0 unspecified atom stereocenters. The largest absolute Gasteiger partial charge is 0.462 e. The van der Waals surface area contributed by atoms with E-state index in [9.17, 15) is 23.2 Å². The van der Waals surface area contributed by atoms with Gasteiger partial charge in [-0.2, -0.15) is 8.78 Å². The Kier molecular flexibility index (Phi) is 6.86. The van der Waals surface area contributed by atoms with Gasteiger partial charge in [-0.3, -0.25) is 4.79 Å². The summed E-state index contributed by atoms with van der Waals surface area (Å²) in [6.07, 6.45) is 4.36. The number of alkyl halides is 2. The van der Waals surface area contributed by atoms with Crippen LogP contribution in [0.4, 0.5) is 13.6 Å². The fraction of sp³-hybridized carbons (Fsp3) is 0.464. The molecule has 208 valence electrons. The summed E-state index contributed by atoms with van der Waals surface area (Å²) in [6.45, 7) is 5.25. The fourth-order valence-corrected chi connectivity index (χ4v) is 4.88. The molecule has 2 aliphatic rings. The van der Waals surface area contributed by atoms with Crippen molar-refractivity contribution in [2.24, 2.45) is 0 Å². The van der Waals surface area contributed by atoms with Gasteiger partial charge >= 0.3 is 18.7 Å². The van der Waals surface area contributed by atoms with E-state index in [1.165, 1.54) is 12.3 Å². The predicted octanol–water partition coefficient (Wildman–Crippen LogP) is 5.33. The monoisotopic (exact) mass is 543 g/mol. The van der Waals surface area contributed by atoms with Crippen LogP contribution in [0.5, 0.6) is 5.75 Å². The zero-order chi connectivity index (χ0) is 28.1. The first-order valence-electron chi connectivity index (χ1n) is 13.0. The quantitative estimate of drug-likeness (QED) is 0.390. The minimum Gasteiger partial charge on any atom is -0.462 e. The van der Waals surface area contributed by atoms with Crippen molar-refractivity contribution in [2.75, 3.05) is 13.2 Å². The first-order valence-corrected chi connectivity index (χ1v) is 13.0. The molecule has 5 rings (SSSR count). The molecule has 0 saturated heterocycles. The number of pyridine rings is 1. The van der Waals surface area contributed by atoms with E-state index in [1.807, 2.05) is 16.8 Å². The second kappa shape index (κ2) is 10.0. The number of ether oxygens (including phenoxy) is 3. The summed E-state index contributed by atoms with van der Waals surface area (Å²) in [7, 11) is 0. The lowest BCUT2D eigenvalue weighted by atomic mass is 10.0. The first kappa shape index (κ1) is 26.7. The Balaban J connectivity index is 1.61. The van der Waals surface area contributed by atoms with Crippen molar-refractivity contribution in [3.63, 3.8) is 0 Å². The Labute approximate surface area is 223 Å². The van der Waals surface area contributed by atoms with Gasteiger partial charge in [0.1, 0.15) is 11.2 Å². The Morgan fingerprint density at radius 1 is 1.13 bits per heavy atom. The molecule has 1 aromatic carbocycles. The standard InChI is InChI=1S/C28H31F2N3O6/c1-5-37-25(35)21-15-33(17-6-7-17)22-20(23(21)34)9-8-19(24(22)38-26(29)30)16-12-18-14-32(11-10-31(18)13-16)27(36)39-28(2,3)4/h8-9,12-13,15,17,26H,5-7,10-11,14H2,1-4H3. The lowest BCUT2D eigenvalue weighted by molar-refractivity contribution is -0.0486. The van der Waals surface area contributed by atoms with E-state index in [1.54, 1.807) is 43.2 Å². The number of carbonyl (C=O) groups is 2. The average Bonchev–Trinajstić information content (AvgIpc) is 3.61. The lowest BCUT2D eigenvalue weighted by Crippen LogP contribution is -2.41. The van der Waals surface area contributed by atoms with E-state index in [0.29, 0.717) is 30.8 Å². The summed E-state index contributed by atoms with van der Waals surface area (Å²) in [5.41, 5.74) is 0.641. The lowest BCUT2D eigenvalue weighted by Gasteiger charge is -2.30. The number of rotatable bonds is 6. The smallest absolute Gasteiger partial charge is 0.410 e. The summed E-state index contributed by atoms with van der Waals surface area (Å²) in [4.78, 5) is 40.0. The summed E-state index contributed by atoms with van der Waals surface area (Å²) in [5, 5.41) is 0.104. The van der Waals surface area contributed by atoms with Crippen molar-refractivity contribution < 1.29 is 32.6 Å². The van der Waals surface area contributed by atoms with Gasteiger partial charge in [-0.15, -0.1) is 0 Å². The Bertz CT molecular complexity index is 1500. The molecule has 39 heavy (non-hydrogen) atoms. The molecule has 9 nitrogen and oxygen atoms in total. The topological polar surface area (TPSA) is 92.0 Å². The normalized spacial score (nSPS) is 15.4. The third-order valence-corrected chi connectivity index (χ3v) is 6.70. The molecule has 0 atom stereocenters. The molecule has 1 amide bonds. The Morgan fingerprint density at radius 2 is 1.87 bits per heavy atom. The molecule has 0 radical (unpaired) electrons. The van der Waals surface area contributed by atoms with Crippen molar-refractivity contribution in [3.8, 4) is 16.9 Å². The van der Waals surface area contributed by atoms with Gasteiger partial charge < -0.3 is 28.2 Å². The number of carbonyl (C=O) groups excluding carboxylic acids is 2. The van der Waals surface area contributed by atoms with Crippen molar-refractivity contribution in [2.45, 2.75) is 71.9 Å². The third-order valence-electron chi connectivity index (χ3n) is 6.70. The fourth-order valence-electron chi connectivity index (χ4n) is 4.88. The highest BCUT2D eigenvalue weighted by atomic mass is 19.3. The molecule has 1 saturated carbocycles. The number of halogens is 2. The van der Waals surface area contributed by atoms with E-state index in [0.717, 1.165) is 18.5 Å². The molecule has 2 aromatic heterocycles. The number of hydrogen-bond acceptors (Lipinski definition) is 6. The summed E-state index contributed by atoms with van der Waals surface area (Å²) in [5.74, 6) is -0.886. The molecule has 0 spiro atoms. The molecule has 1 aliphatic heterocycles. The molecule has 0 N–H and O–H groups in total. The van der Waals surface area contributed by atoms with E-state index < -0.39 is 29.7 Å². The summed E-state index contributed by atoms with van der Waals surface area (Å²) >= 11 is 0. The molecule has 3 heterocycles. The number of aromatic nitrogens is 2. The molecular weight excluding hydrogens is 512 g/mol. The molecule has 11 heteroatoms. The van der Waals surface area contributed by atoms with Gasteiger partial charge in [0.25, 0.3) is 0 Å². The van der Waals surface area contributed by atoms with E-state index in [-0.39, 0.29) is 34.9 Å². The Hall–Kier alpha value is -3.89. The van der Waals surface area contributed by atoms with Crippen molar-refractivity contribution in [1.82, 2.24) is 14.0 Å². The second-order valence-electron chi connectivity index (χ2n) is 10.8. The number of benzene rings is 1. The van der Waals surface area contributed by atoms with Crippen LogP contribution < -0.4 is 10.2 Å². The zero-order valence-corrected chi connectivity index (χ0v) is 22.3. The van der Waals surface area contributed by atoms with Crippen LogP contribution in [0.2, 0.25) is 0 Å². The highest BCUT2D eigenvalue weighted by molar-refractivity contribution is 5.98. The minimum atomic E-state index is -3.14. The maximum absolute atomic E-state index is 13.8. The van der Waals surface area contributed by atoms with Gasteiger partial charge in [0.05, 0.1) is 24.1 Å². The maximum atomic E-state index is 13.8. The highest BCUT2D eigenvalue weighted by Gasteiger charge is 2.31. The van der Waals surface area contributed by atoms with Gasteiger partial charge in [0.2, 0.25) is 5.43 Å². The number of amides is 1. The summed E-state index contributed by atoms with van der Waals surface area (Å²) < 4.78 is 46.8. The molecule has 3 aromatic rings. The molecule has 0 bridgehead atoms. The van der Waals surface area contributed by atoms with Gasteiger partial charge in [-0.05, 0) is 58.7 Å². The van der Waals surface area contributed by atoms with Crippen molar-refractivity contribution in [1.29, 1.82) is 0 Å². The number of nitrogens with zero attached hydrogens (tertiary/aromatic N) is 3. The SMILES string of the molecule is CCOC(=O)c1cn(C2CC2)c2c(OC(F)F)c(-c3cc4n(c3)CCN(C(=O)OC(C)(C)C)C4)ccc2c1=O. The van der Waals surface area contributed by atoms with E-state index >= 15 is 0 Å². The molecular formula is C28H31F2N3O6. The van der Waals surface area contributed by atoms with Crippen LogP contribution in [-0.4, -0.2) is 51.5 Å². The van der Waals surface area contributed by atoms with Gasteiger partial charge in [0.15, 0.2) is 5.75 Å². The van der Waals surface area contributed by atoms with Gasteiger partial charge in [-0.1, -0.05) is 0 Å².